The molecule has 1 heterocycles. The Kier molecular flexibility index (Phi) is 2.47. The predicted octanol–water partition coefficient (Wildman–Crippen LogP) is 0.116. The molecule has 72 valence electrons. The molecular weight excluding hydrogens is 242 g/mol. The summed E-state index contributed by atoms with van der Waals surface area (Å²) < 4.78 is 24.2. The summed E-state index contributed by atoms with van der Waals surface area (Å²) >= 11 is 0. The zero-order chi connectivity index (χ0) is 8.77. The molecule has 0 spiro atoms. The number of carbonyl (C=O) groups excluding carboxylic acids is 1. The van der Waals surface area contributed by atoms with Crippen LogP contribution in [-0.4, -0.2) is 14.3 Å². The molecule has 0 bridgehead atoms. The first kappa shape index (κ1) is 10.2. The summed E-state index contributed by atoms with van der Waals surface area (Å²) in [6.45, 7) is 0. The minimum Gasteiger partial charge on any atom is -0.268 e. The second-order valence-electron chi connectivity index (χ2n) is 2.43. The molecule has 1 amide bonds. The first-order valence-corrected chi connectivity index (χ1v) is 4.76. The summed E-state index contributed by atoms with van der Waals surface area (Å²) in [6.07, 6.45) is 0. The van der Waals surface area contributed by atoms with Crippen molar-refractivity contribution in [1.29, 1.82) is 0 Å². The standard InChI is InChI=1S/C7H5NO3S.Cu/c9-7-5-3-1-2-4-6(5)12(10,11)8-7;/h1-4H,(H,8,9);/q;+1. The number of hydrogen-bond donors (Lipinski definition) is 1. The van der Waals surface area contributed by atoms with Crippen molar-refractivity contribution < 1.29 is 30.3 Å². The van der Waals surface area contributed by atoms with Crippen molar-refractivity contribution in [3.05, 3.63) is 29.8 Å². The van der Waals surface area contributed by atoms with Crippen LogP contribution in [0.15, 0.2) is 29.2 Å². The Bertz CT molecular complexity index is 455. The van der Waals surface area contributed by atoms with Crippen LogP contribution < -0.4 is 4.72 Å². The Morgan fingerprint density at radius 2 is 1.77 bits per heavy atom. The van der Waals surface area contributed by atoms with E-state index in [9.17, 15) is 13.2 Å². The number of amides is 1. The van der Waals surface area contributed by atoms with Gasteiger partial charge < -0.3 is 0 Å². The maximum Gasteiger partial charge on any atom is 1.00 e. The third-order valence-electron chi connectivity index (χ3n) is 1.65. The van der Waals surface area contributed by atoms with Crippen molar-refractivity contribution in [2.45, 2.75) is 4.90 Å². The van der Waals surface area contributed by atoms with E-state index < -0.39 is 15.9 Å². The smallest absolute Gasteiger partial charge is 0.268 e. The average Bonchev–Trinajstić information content (AvgIpc) is 2.25. The topological polar surface area (TPSA) is 63.2 Å². The van der Waals surface area contributed by atoms with Gasteiger partial charge in [0, 0.05) is 0 Å². The van der Waals surface area contributed by atoms with E-state index in [0.29, 0.717) is 0 Å². The van der Waals surface area contributed by atoms with Gasteiger partial charge >= 0.3 is 17.1 Å². The Hall–Kier alpha value is -0.841. The van der Waals surface area contributed by atoms with Crippen LogP contribution >= 0.6 is 0 Å². The number of rotatable bonds is 0. The van der Waals surface area contributed by atoms with Crippen molar-refractivity contribution >= 4 is 15.9 Å². The predicted molar refractivity (Wildman–Crippen MR) is 41.1 cm³/mol. The zero-order valence-electron chi connectivity index (χ0n) is 6.24. The van der Waals surface area contributed by atoms with Gasteiger partial charge in [0.15, 0.2) is 0 Å². The Morgan fingerprint density at radius 3 is 2.38 bits per heavy atom. The summed E-state index contributed by atoms with van der Waals surface area (Å²) in [5.74, 6) is -0.550. The maximum atomic E-state index is 11.1. The number of nitrogens with one attached hydrogen (secondary N) is 1. The molecule has 0 radical (unpaired) electrons. The molecule has 2 rings (SSSR count). The Balaban J connectivity index is 0.000000845. The summed E-state index contributed by atoms with van der Waals surface area (Å²) in [5.41, 5.74) is 0.220. The van der Waals surface area contributed by atoms with E-state index in [2.05, 4.69) is 0 Å². The van der Waals surface area contributed by atoms with Crippen molar-refractivity contribution in [1.82, 2.24) is 4.72 Å². The molecule has 0 aromatic heterocycles. The fourth-order valence-corrected chi connectivity index (χ4v) is 2.29. The van der Waals surface area contributed by atoms with Crippen LogP contribution in [0.4, 0.5) is 0 Å². The van der Waals surface area contributed by atoms with Gasteiger partial charge in [0.25, 0.3) is 15.9 Å². The van der Waals surface area contributed by atoms with E-state index >= 15 is 0 Å². The van der Waals surface area contributed by atoms with Crippen molar-refractivity contribution in [2.24, 2.45) is 0 Å². The first-order valence-electron chi connectivity index (χ1n) is 3.27. The molecule has 0 fully saturated rings. The quantitative estimate of drug-likeness (QED) is 0.662. The number of hydrogen-bond acceptors (Lipinski definition) is 3. The zero-order valence-corrected chi connectivity index (χ0v) is 8.00. The van der Waals surface area contributed by atoms with Crippen LogP contribution in [0.5, 0.6) is 0 Å². The number of carbonyl (C=O) groups is 1. The van der Waals surface area contributed by atoms with Gasteiger partial charge in [-0.3, -0.25) is 4.79 Å². The normalized spacial score (nSPS) is 17.1. The Labute approximate surface area is 85.9 Å². The maximum absolute atomic E-state index is 11.1. The molecule has 6 heteroatoms. The van der Waals surface area contributed by atoms with Gasteiger partial charge in [-0.15, -0.1) is 0 Å². The first-order chi connectivity index (χ1) is 5.61. The van der Waals surface area contributed by atoms with Gasteiger partial charge in [0.2, 0.25) is 0 Å². The van der Waals surface area contributed by atoms with E-state index in [1.54, 1.807) is 12.1 Å². The fraction of sp³-hybridized carbons (Fsp3) is 0. The van der Waals surface area contributed by atoms with E-state index in [1.807, 2.05) is 4.72 Å². The van der Waals surface area contributed by atoms with Gasteiger partial charge in [-0.2, -0.15) is 0 Å². The van der Waals surface area contributed by atoms with Crippen LogP contribution in [-0.2, 0) is 27.1 Å². The molecule has 0 unspecified atom stereocenters. The molecular formula is C7H5CuNO3S+. The van der Waals surface area contributed by atoms with E-state index in [1.165, 1.54) is 12.1 Å². The van der Waals surface area contributed by atoms with Gasteiger partial charge in [-0.05, 0) is 12.1 Å². The van der Waals surface area contributed by atoms with Gasteiger partial charge in [0.1, 0.15) is 4.90 Å². The molecule has 0 atom stereocenters. The summed E-state index contributed by atoms with van der Waals surface area (Å²) in [6, 6.07) is 6.09. The molecule has 1 N–H and O–H groups in total. The second-order valence-corrected chi connectivity index (χ2v) is 4.08. The van der Waals surface area contributed by atoms with Crippen LogP contribution in [0.3, 0.4) is 0 Å². The van der Waals surface area contributed by atoms with Crippen molar-refractivity contribution in [3.63, 3.8) is 0 Å². The van der Waals surface area contributed by atoms with Crippen molar-refractivity contribution in [2.75, 3.05) is 0 Å². The third kappa shape index (κ3) is 1.48. The summed E-state index contributed by atoms with van der Waals surface area (Å²) in [5, 5.41) is 0. The molecule has 1 aromatic carbocycles. The van der Waals surface area contributed by atoms with Crippen molar-refractivity contribution in [3.8, 4) is 0 Å². The van der Waals surface area contributed by atoms with E-state index in [-0.39, 0.29) is 27.5 Å². The number of sulfonamides is 1. The van der Waals surface area contributed by atoms with Crippen LogP contribution in [0.1, 0.15) is 10.4 Å². The summed E-state index contributed by atoms with van der Waals surface area (Å²) in [7, 11) is -3.55. The number of benzene rings is 1. The minimum absolute atomic E-state index is 0. The van der Waals surface area contributed by atoms with Gasteiger partial charge in [0.05, 0.1) is 5.56 Å². The Morgan fingerprint density at radius 1 is 1.15 bits per heavy atom. The van der Waals surface area contributed by atoms with Gasteiger partial charge in [-0.1, -0.05) is 12.1 Å². The molecule has 4 nitrogen and oxygen atoms in total. The SMILES string of the molecule is O=C1NS(=O)(=O)c2ccccc21.[Cu+]. The molecule has 0 saturated carbocycles. The third-order valence-corrected chi connectivity index (χ3v) is 3.04. The fourth-order valence-electron chi connectivity index (χ4n) is 1.12. The molecule has 0 aliphatic carbocycles. The molecule has 1 aliphatic rings. The van der Waals surface area contributed by atoms with Gasteiger partial charge in [-0.25, -0.2) is 13.1 Å². The molecule has 0 saturated heterocycles. The summed E-state index contributed by atoms with van der Waals surface area (Å²) in [4.78, 5) is 11.1. The molecule has 1 aliphatic heterocycles. The van der Waals surface area contributed by atoms with Crippen LogP contribution in [0.2, 0.25) is 0 Å². The van der Waals surface area contributed by atoms with E-state index in [0.717, 1.165) is 0 Å². The number of fused-ring (bicyclic) bond motifs is 1. The van der Waals surface area contributed by atoms with Crippen LogP contribution in [0, 0.1) is 0 Å². The minimum atomic E-state index is -3.55. The van der Waals surface area contributed by atoms with E-state index in [4.69, 9.17) is 0 Å². The van der Waals surface area contributed by atoms with Crippen LogP contribution in [0.25, 0.3) is 0 Å². The molecule has 1 aromatic rings. The second kappa shape index (κ2) is 3.14. The monoisotopic (exact) mass is 246 g/mol. The average molecular weight is 247 g/mol. The largest absolute Gasteiger partial charge is 1.00 e. The molecule has 13 heavy (non-hydrogen) atoms.